The number of hydrogen-bond donors (Lipinski definition) is 2. The van der Waals surface area contributed by atoms with Crippen LogP contribution in [-0.4, -0.2) is 12.0 Å². The van der Waals surface area contributed by atoms with Crippen molar-refractivity contribution >= 4 is 11.6 Å². The summed E-state index contributed by atoms with van der Waals surface area (Å²) < 4.78 is 6.04. The number of fused-ring (bicyclic) bond motifs is 1. The number of hydrogen-bond acceptors (Lipinski definition) is 3. The molecule has 1 aliphatic rings. The Morgan fingerprint density at radius 1 is 1.09 bits per heavy atom. The summed E-state index contributed by atoms with van der Waals surface area (Å²) in [6.45, 7) is 6.09. The Labute approximate surface area is 136 Å². The van der Waals surface area contributed by atoms with Crippen molar-refractivity contribution in [1.29, 1.82) is 0 Å². The van der Waals surface area contributed by atoms with Gasteiger partial charge in [-0.1, -0.05) is 37.3 Å². The first kappa shape index (κ1) is 15.4. The summed E-state index contributed by atoms with van der Waals surface area (Å²) in [7, 11) is 0. The van der Waals surface area contributed by atoms with Crippen LogP contribution in [0.5, 0.6) is 5.75 Å². The van der Waals surface area contributed by atoms with E-state index in [2.05, 4.69) is 17.6 Å². The fourth-order valence-electron chi connectivity index (χ4n) is 2.80. The molecule has 0 saturated carbocycles. The van der Waals surface area contributed by atoms with Crippen LogP contribution in [0.3, 0.4) is 0 Å². The number of carbonyl (C=O) groups excluding carboxylic acids is 1. The molecule has 120 valence electrons. The summed E-state index contributed by atoms with van der Waals surface area (Å²) in [4.78, 5) is 12.5. The van der Waals surface area contributed by atoms with Gasteiger partial charge in [-0.3, -0.25) is 4.79 Å². The molecule has 2 N–H and O–H groups in total. The number of anilines is 1. The van der Waals surface area contributed by atoms with Crippen molar-refractivity contribution in [3.63, 3.8) is 0 Å². The Hall–Kier alpha value is -2.49. The summed E-state index contributed by atoms with van der Waals surface area (Å²) in [5.74, 6) is 0.705. The minimum atomic E-state index is -0.713. The number of para-hydroxylation sites is 2. The van der Waals surface area contributed by atoms with Crippen LogP contribution in [0.15, 0.2) is 48.5 Å². The fourth-order valence-corrected chi connectivity index (χ4v) is 2.80. The third kappa shape index (κ3) is 2.89. The maximum atomic E-state index is 12.5. The van der Waals surface area contributed by atoms with Gasteiger partial charge in [-0.25, -0.2) is 0 Å². The van der Waals surface area contributed by atoms with E-state index in [1.54, 1.807) is 0 Å². The number of ether oxygens (including phenoxy) is 1. The molecule has 1 aliphatic heterocycles. The molecule has 2 unspecified atom stereocenters. The summed E-state index contributed by atoms with van der Waals surface area (Å²) in [5, 5.41) is 6.51. The van der Waals surface area contributed by atoms with E-state index in [1.165, 1.54) is 0 Å². The minimum Gasteiger partial charge on any atom is -0.490 e. The van der Waals surface area contributed by atoms with Gasteiger partial charge in [0.05, 0.1) is 11.7 Å². The summed E-state index contributed by atoms with van der Waals surface area (Å²) in [6.07, 6.45) is 1.04. The van der Waals surface area contributed by atoms with E-state index >= 15 is 0 Å². The van der Waals surface area contributed by atoms with E-state index in [4.69, 9.17) is 4.74 Å². The highest BCUT2D eigenvalue weighted by molar-refractivity contribution is 6.02. The molecule has 0 fully saturated rings. The highest BCUT2D eigenvalue weighted by atomic mass is 16.5. The zero-order chi connectivity index (χ0) is 16.4. The predicted molar refractivity (Wildman–Crippen MR) is 91.7 cm³/mol. The van der Waals surface area contributed by atoms with Crippen molar-refractivity contribution in [3.05, 3.63) is 59.7 Å². The quantitative estimate of drug-likeness (QED) is 0.900. The molecular formula is C19H22N2O2. The van der Waals surface area contributed by atoms with Crippen LogP contribution in [0, 0.1) is 0 Å². The molecule has 0 aromatic heterocycles. The molecule has 1 heterocycles. The van der Waals surface area contributed by atoms with E-state index in [1.807, 2.05) is 62.4 Å². The number of rotatable bonds is 4. The third-order valence-electron chi connectivity index (χ3n) is 4.25. The van der Waals surface area contributed by atoms with Gasteiger partial charge in [0.15, 0.2) is 0 Å². The SMILES string of the molecule is CCC(C)Oc1ccccc1C1(C)NC(=O)c2ccccc2N1. The van der Waals surface area contributed by atoms with Gasteiger partial charge in [-0.05, 0) is 38.5 Å². The average Bonchev–Trinajstić information content (AvgIpc) is 2.55. The predicted octanol–water partition coefficient (Wildman–Crippen LogP) is 3.89. The zero-order valence-electron chi connectivity index (χ0n) is 13.7. The Balaban J connectivity index is 2.00. The molecule has 4 heteroatoms. The number of amides is 1. The second-order valence-electron chi connectivity index (χ2n) is 6.08. The molecule has 0 bridgehead atoms. The van der Waals surface area contributed by atoms with E-state index in [9.17, 15) is 4.79 Å². The van der Waals surface area contributed by atoms with E-state index in [0.29, 0.717) is 5.56 Å². The van der Waals surface area contributed by atoms with Crippen LogP contribution in [0.25, 0.3) is 0 Å². The maximum Gasteiger partial charge on any atom is 0.255 e. The van der Waals surface area contributed by atoms with Crippen LogP contribution in [0.2, 0.25) is 0 Å². The molecule has 2 aromatic carbocycles. The molecule has 1 amide bonds. The van der Waals surface area contributed by atoms with Gasteiger partial charge in [0.2, 0.25) is 0 Å². The maximum absolute atomic E-state index is 12.5. The first-order chi connectivity index (χ1) is 11.0. The number of benzene rings is 2. The molecule has 0 radical (unpaired) electrons. The van der Waals surface area contributed by atoms with Gasteiger partial charge in [-0.15, -0.1) is 0 Å². The second kappa shape index (κ2) is 5.95. The van der Waals surface area contributed by atoms with Gasteiger partial charge >= 0.3 is 0 Å². The monoisotopic (exact) mass is 310 g/mol. The molecule has 4 nitrogen and oxygen atoms in total. The first-order valence-corrected chi connectivity index (χ1v) is 7.99. The number of nitrogens with one attached hydrogen (secondary N) is 2. The Kier molecular flexibility index (Phi) is 3.99. The second-order valence-corrected chi connectivity index (χ2v) is 6.08. The van der Waals surface area contributed by atoms with Crippen LogP contribution >= 0.6 is 0 Å². The molecule has 23 heavy (non-hydrogen) atoms. The summed E-state index contributed by atoms with van der Waals surface area (Å²) in [5.41, 5.74) is 1.70. The van der Waals surface area contributed by atoms with E-state index in [-0.39, 0.29) is 12.0 Å². The van der Waals surface area contributed by atoms with Gasteiger partial charge in [0, 0.05) is 11.3 Å². The largest absolute Gasteiger partial charge is 0.490 e. The summed E-state index contributed by atoms with van der Waals surface area (Å²) >= 11 is 0. The summed E-state index contributed by atoms with van der Waals surface area (Å²) in [6, 6.07) is 15.4. The van der Waals surface area contributed by atoms with Crippen molar-refractivity contribution in [2.45, 2.75) is 39.0 Å². The Morgan fingerprint density at radius 2 is 1.78 bits per heavy atom. The van der Waals surface area contributed by atoms with Crippen molar-refractivity contribution < 1.29 is 9.53 Å². The lowest BCUT2D eigenvalue weighted by Crippen LogP contribution is -2.53. The van der Waals surface area contributed by atoms with E-state index < -0.39 is 5.66 Å². The Morgan fingerprint density at radius 3 is 2.57 bits per heavy atom. The van der Waals surface area contributed by atoms with Crippen molar-refractivity contribution in [3.8, 4) is 5.75 Å². The lowest BCUT2D eigenvalue weighted by molar-refractivity contribution is 0.0904. The molecule has 0 saturated heterocycles. The van der Waals surface area contributed by atoms with Crippen molar-refractivity contribution in [2.75, 3.05) is 5.32 Å². The third-order valence-corrected chi connectivity index (χ3v) is 4.25. The lowest BCUT2D eigenvalue weighted by Gasteiger charge is -2.39. The lowest BCUT2D eigenvalue weighted by atomic mass is 9.95. The van der Waals surface area contributed by atoms with Gasteiger partial charge in [0.25, 0.3) is 5.91 Å². The van der Waals surface area contributed by atoms with Crippen molar-refractivity contribution in [2.24, 2.45) is 0 Å². The fraction of sp³-hybridized carbons (Fsp3) is 0.316. The van der Waals surface area contributed by atoms with Gasteiger partial charge in [-0.2, -0.15) is 0 Å². The highest BCUT2D eigenvalue weighted by Crippen LogP contribution is 2.35. The molecule has 2 atom stereocenters. The smallest absolute Gasteiger partial charge is 0.255 e. The van der Waals surface area contributed by atoms with Crippen LogP contribution in [0.4, 0.5) is 5.69 Å². The van der Waals surface area contributed by atoms with Crippen LogP contribution in [0.1, 0.15) is 43.1 Å². The van der Waals surface area contributed by atoms with Crippen LogP contribution < -0.4 is 15.4 Å². The average molecular weight is 310 g/mol. The van der Waals surface area contributed by atoms with Crippen molar-refractivity contribution in [1.82, 2.24) is 5.32 Å². The van der Waals surface area contributed by atoms with Crippen LogP contribution in [-0.2, 0) is 5.66 Å². The standard InChI is InChI=1S/C19H22N2O2/c1-4-13(2)23-17-12-8-6-10-15(17)19(3)20-16-11-7-5-9-14(16)18(22)21-19/h5-13,20H,4H2,1-3H3,(H,21,22). The Bertz CT molecular complexity index is 729. The topological polar surface area (TPSA) is 50.4 Å². The molecule has 0 aliphatic carbocycles. The molecule has 0 spiro atoms. The van der Waals surface area contributed by atoms with Gasteiger partial charge < -0.3 is 15.4 Å². The number of carbonyl (C=O) groups is 1. The minimum absolute atomic E-state index is 0.0832. The zero-order valence-corrected chi connectivity index (χ0v) is 13.7. The normalized spacial score (nSPS) is 20.9. The molecule has 3 rings (SSSR count). The molecular weight excluding hydrogens is 288 g/mol. The van der Waals surface area contributed by atoms with Gasteiger partial charge in [0.1, 0.15) is 11.4 Å². The first-order valence-electron chi connectivity index (χ1n) is 7.99. The highest BCUT2D eigenvalue weighted by Gasteiger charge is 2.36. The molecule has 2 aromatic rings. The van der Waals surface area contributed by atoms with E-state index in [0.717, 1.165) is 23.4 Å².